The second-order valence-electron chi connectivity index (χ2n) is 21.3. The summed E-state index contributed by atoms with van der Waals surface area (Å²) < 4.78 is 12.0. The molecular formula is C76H48N2O. The quantitative estimate of drug-likeness (QED) is 0.152. The summed E-state index contributed by atoms with van der Waals surface area (Å²) in [7, 11) is 0. The van der Waals surface area contributed by atoms with E-state index in [1.807, 2.05) is 0 Å². The van der Waals surface area contributed by atoms with Crippen molar-refractivity contribution in [2.24, 2.45) is 0 Å². The lowest BCUT2D eigenvalue weighted by molar-refractivity contribution is 0.669. The minimum Gasteiger partial charge on any atom is -0.456 e. The Hall–Kier alpha value is -10.2. The van der Waals surface area contributed by atoms with Gasteiger partial charge in [0.1, 0.15) is 11.2 Å². The Morgan fingerprint density at radius 2 is 0.747 bits per heavy atom. The van der Waals surface area contributed by atoms with Gasteiger partial charge in [0.05, 0.1) is 16.6 Å². The molecule has 0 saturated heterocycles. The van der Waals surface area contributed by atoms with Gasteiger partial charge in [-0.15, -0.1) is 0 Å². The minimum absolute atomic E-state index is 0.870. The molecule has 17 rings (SSSR count). The smallest absolute Gasteiger partial charge is 0.136 e. The summed E-state index contributed by atoms with van der Waals surface area (Å²) in [6, 6.07) is 94.0. The fourth-order valence-corrected chi connectivity index (χ4v) is 13.9. The number of fused-ring (bicyclic) bond motifs is 13. The zero-order chi connectivity index (χ0) is 51.7. The van der Waals surface area contributed by atoms with Gasteiger partial charge in [-0.25, -0.2) is 0 Å². The first-order valence-electron chi connectivity index (χ1n) is 27.5. The van der Waals surface area contributed by atoms with Crippen LogP contribution in [0.25, 0.3) is 160 Å². The van der Waals surface area contributed by atoms with Gasteiger partial charge in [-0.2, -0.15) is 0 Å². The standard InChI is InChI=1S/C76H48N2O/c1-3-20-50(21-4-1)77-66-35-17-15-24-52(66)54-41-38-47(44-68(54)77)72-56-26-7-9-28-58(56)74(59-29-10-8-27-57(59)72)49-40-43-64-71(46-49)79-70-37-19-34-65(76(64)70)75-62-32-13-11-30-60(62)73(61-31-12-14-33-63(61)75)48-39-42-55-53-25-16-18-36-67(53)78(69(55)45-48)51-22-5-2-6-23-51/h1-16,18-34,36-46H,17,35H2. The molecule has 0 bridgehead atoms. The Bertz CT molecular complexity index is 5130. The molecule has 0 fully saturated rings. The highest BCUT2D eigenvalue weighted by Crippen LogP contribution is 2.50. The molecule has 3 aromatic heterocycles. The molecule has 1 aliphatic carbocycles. The van der Waals surface area contributed by atoms with Gasteiger partial charge in [0, 0.05) is 49.6 Å². The highest BCUT2D eigenvalue weighted by atomic mass is 16.3. The van der Waals surface area contributed by atoms with E-state index >= 15 is 0 Å². The summed E-state index contributed by atoms with van der Waals surface area (Å²) in [5.41, 5.74) is 20.1. The molecule has 0 amide bonds. The van der Waals surface area contributed by atoms with E-state index < -0.39 is 0 Å². The molecule has 3 heterocycles. The molecular weight excluding hydrogens is 957 g/mol. The van der Waals surface area contributed by atoms with Crippen molar-refractivity contribution in [2.45, 2.75) is 12.8 Å². The van der Waals surface area contributed by atoms with Gasteiger partial charge in [-0.05, 0) is 161 Å². The van der Waals surface area contributed by atoms with E-state index in [1.165, 1.54) is 126 Å². The van der Waals surface area contributed by atoms with Crippen LogP contribution in [0, 0.1) is 0 Å². The van der Waals surface area contributed by atoms with E-state index in [0.717, 1.165) is 51.6 Å². The molecule has 79 heavy (non-hydrogen) atoms. The van der Waals surface area contributed by atoms with Gasteiger partial charge in [0.25, 0.3) is 0 Å². The molecule has 0 radical (unpaired) electrons. The van der Waals surface area contributed by atoms with Crippen LogP contribution in [0.3, 0.4) is 0 Å². The summed E-state index contributed by atoms with van der Waals surface area (Å²) in [4.78, 5) is 0. The predicted octanol–water partition coefficient (Wildman–Crippen LogP) is 20.9. The number of para-hydroxylation sites is 3. The van der Waals surface area contributed by atoms with Gasteiger partial charge in [-0.3, -0.25) is 0 Å². The Kier molecular flexibility index (Phi) is 9.54. The van der Waals surface area contributed by atoms with Crippen LogP contribution in [0.1, 0.15) is 17.7 Å². The van der Waals surface area contributed by atoms with Crippen LogP contribution in [0.2, 0.25) is 0 Å². The lowest BCUT2D eigenvalue weighted by Crippen LogP contribution is -2.02. The Morgan fingerprint density at radius 1 is 0.304 bits per heavy atom. The van der Waals surface area contributed by atoms with Crippen molar-refractivity contribution in [3.05, 3.63) is 272 Å². The number of rotatable bonds is 6. The van der Waals surface area contributed by atoms with Gasteiger partial charge in [0.2, 0.25) is 0 Å². The molecule has 16 aromatic rings. The van der Waals surface area contributed by atoms with Gasteiger partial charge < -0.3 is 13.6 Å². The third-order valence-electron chi connectivity index (χ3n) is 17.1. The molecule has 3 nitrogen and oxygen atoms in total. The van der Waals surface area contributed by atoms with Crippen LogP contribution >= 0.6 is 0 Å². The lowest BCUT2D eigenvalue weighted by Gasteiger charge is -2.19. The fraction of sp³-hybridized carbons (Fsp3) is 0.0263. The maximum Gasteiger partial charge on any atom is 0.136 e. The number of allylic oxidation sites excluding steroid dienone is 1. The molecule has 3 heteroatoms. The monoisotopic (exact) mass is 1000 g/mol. The van der Waals surface area contributed by atoms with Crippen molar-refractivity contribution >= 4 is 104 Å². The first kappa shape index (κ1) is 44.0. The lowest BCUT2D eigenvalue weighted by atomic mass is 9.84. The van der Waals surface area contributed by atoms with E-state index in [-0.39, 0.29) is 0 Å². The van der Waals surface area contributed by atoms with Gasteiger partial charge in [0.15, 0.2) is 0 Å². The average Bonchev–Trinajstić information content (AvgIpc) is 4.25. The topological polar surface area (TPSA) is 23.0 Å². The maximum absolute atomic E-state index is 7.04. The first-order chi connectivity index (χ1) is 39.2. The number of nitrogens with zero attached hydrogens (tertiary/aromatic N) is 2. The van der Waals surface area contributed by atoms with Gasteiger partial charge in [-0.1, -0.05) is 206 Å². The van der Waals surface area contributed by atoms with Crippen LogP contribution < -0.4 is 0 Å². The van der Waals surface area contributed by atoms with E-state index in [9.17, 15) is 0 Å². The second kappa shape index (κ2) is 17.1. The van der Waals surface area contributed by atoms with Crippen LogP contribution in [0.4, 0.5) is 0 Å². The van der Waals surface area contributed by atoms with E-state index in [0.29, 0.717) is 0 Å². The Morgan fingerprint density at radius 3 is 1.32 bits per heavy atom. The van der Waals surface area contributed by atoms with Gasteiger partial charge >= 0.3 is 0 Å². The molecule has 0 saturated carbocycles. The highest BCUT2D eigenvalue weighted by molar-refractivity contribution is 6.27. The summed E-state index contributed by atoms with van der Waals surface area (Å²) in [5.74, 6) is 0. The SMILES string of the molecule is C1=Cc2c(n(-c3ccccc3)c3cc(-c4c5ccccc5c(-c5ccc6c(c5)oc5cccc(-c7c8ccccc8c(-c8ccc9c%10ccccc%10n(-c%10ccccc%10)c9c8)c8ccccc78)c56)c5ccccc45)ccc23)CC1. The normalized spacial score (nSPS) is 12.7. The van der Waals surface area contributed by atoms with Crippen LogP contribution in [-0.2, 0) is 6.42 Å². The molecule has 0 spiro atoms. The summed E-state index contributed by atoms with van der Waals surface area (Å²) in [6.07, 6.45) is 6.72. The van der Waals surface area contributed by atoms with Crippen molar-refractivity contribution in [1.29, 1.82) is 0 Å². The van der Waals surface area contributed by atoms with E-state index in [2.05, 4.69) is 276 Å². The molecule has 368 valence electrons. The van der Waals surface area contributed by atoms with Crippen LogP contribution in [0.15, 0.2) is 265 Å². The van der Waals surface area contributed by atoms with E-state index in [1.54, 1.807) is 0 Å². The maximum atomic E-state index is 7.04. The number of benzene rings is 13. The van der Waals surface area contributed by atoms with E-state index in [4.69, 9.17) is 4.42 Å². The van der Waals surface area contributed by atoms with Crippen LogP contribution in [-0.4, -0.2) is 9.13 Å². The molecule has 0 N–H and O–H groups in total. The first-order valence-corrected chi connectivity index (χ1v) is 27.5. The minimum atomic E-state index is 0.870. The third kappa shape index (κ3) is 6.48. The zero-order valence-corrected chi connectivity index (χ0v) is 43.1. The molecule has 0 unspecified atom stereocenters. The summed E-state index contributed by atoms with van der Waals surface area (Å²) in [6.45, 7) is 0. The number of hydrogen-bond acceptors (Lipinski definition) is 1. The number of hydrogen-bond donors (Lipinski definition) is 0. The average molecular weight is 1010 g/mol. The van der Waals surface area contributed by atoms with Crippen molar-refractivity contribution < 1.29 is 4.42 Å². The number of furan rings is 1. The predicted molar refractivity (Wildman–Crippen MR) is 334 cm³/mol. The van der Waals surface area contributed by atoms with Crippen molar-refractivity contribution in [1.82, 2.24) is 9.13 Å². The highest BCUT2D eigenvalue weighted by Gasteiger charge is 2.25. The Balaban J connectivity index is 0.845. The fourth-order valence-electron chi connectivity index (χ4n) is 13.9. The third-order valence-corrected chi connectivity index (χ3v) is 17.1. The van der Waals surface area contributed by atoms with Crippen molar-refractivity contribution in [3.8, 4) is 55.9 Å². The molecule has 13 aromatic carbocycles. The summed E-state index contributed by atoms with van der Waals surface area (Å²) in [5, 5.41) is 15.7. The summed E-state index contributed by atoms with van der Waals surface area (Å²) >= 11 is 0. The largest absolute Gasteiger partial charge is 0.456 e. The zero-order valence-electron chi connectivity index (χ0n) is 43.1. The Labute approximate surface area is 455 Å². The van der Waals surface area contributed by atoms with Crippen molar-refractivity contribution in [2.75, 3.05) is 0 Å². The molecule has 0 aliphatic heterocycles. The van der Waals surface area contributed by atoms with Crippen molar-refractivity contribution in [3.63, 3.8) is 0 Å². The number of aromatic nitrogens is 2. The second-order valence-corrected chi connectivity index (χ2v) is 21.3. The molecule has 0 atom stereocenters. The molecule has 1 aliphatic rings. The van der Waals surface area contributed by atoms with Crippen LogP contribution in [0.5, 0.6) is 0 Å².